The van der Waals surface area contributed by atoms with Crippen molar-refractivity contribution in [2.75, 3.05) is 0 Å². The van der Waals surface area contributed by atoms with Crippen LogP contribution in [0.5, 0.6) is 0 Å². The van der Waals surface area contributed by atoms with E-state index in [-0.39, 0.29) is 6.09 Å². The summed E-state index contributed by atoms with van der Waals surface area (Å²) < 4.78 is 5.15. The van der Waals surface area contributed by atoms with E-state index in [1.165, 1.54) is 6.42 Å². The predicted octanol–water partition coefficient (Wildman–Crippen LogP) is 2.97. The molecule has 0 spiro atoms. The van der Waals surface area contributed by atoms with Crippen LogP contribution in [0.1, 0.15) is 46.5 Å². The van der Waals surface area contributed by atoms with Gasteiger partial charge in [-0.3, -0.25) is 5.32 Å². The molecule has 0 atom stereocenters. The Hall–Kier alpha value is -0.990. The molecule has 1 amide bonds. The molecule has 3 nitrogen and oxygen atoms in total. The standard InChI is InChI=1S/C11H19NO2/c1-11(2,3)14-10(13)12-9-7-5-4-6-8-9/h7H,4-6,8H2,1-3H3,(H,12,13). The number of alkyl carbamates (subject to hydrolysis) is 1. The molecular weight excluding hydrogens is 178 g/mol. The Morgan fingerprint density at radius 2 is 2.14 bits per heavy atom. The van der Waals surface area contributed by atoms with E-state index in [0.717, 1.165) is 25.0 Å². The second-order valence-corrected chi connectivity index (χ2v) is 4.60. The largest absolute Gasteiger partial charge is 0.444 e. The fraction of sp³-hybridized carbons (Fsp3) is 0.727. The molecule has 0 saturated carbocycles. The third-order valence-electron chi connectivity index (χ3n) is 1.95. The van der Waals surface area contributed by atoms with Crippen molar-refractivity contribution in [3.8, 4) is 0 Å². The van der Waals surface area contributed by atoms with E-state index in [1.54, 1.807) is 0 Å². The molecule has 0 aromatic heterocycles. The Morgan fingerprint density at radius 1 is 1.43 bits per heavy atom. The van der Waals surface area contributed by atoms with E-state index in [0.29, 0.717) is 0 Å². The smallest absolute Gasteiger partial charge is 0.411 e. The van der Waals surface area contributed by atoms with Gasteiger partial charge in [-0.15, -0.1) is 0 Å². The summed E-state index contributed by atoms with van der Waals surface area (Å²) >= 11 is 0. The number of hydrogen-bond donors (Lipinski definition) is 1. The van der Waals surface area contributed by atoms with Crippen molar-refractivity contribution in [3.63, 3.8) is 0 Å². The van der Waals surface area contributed by atoms with Crippen molar-refractivity contribution < 1.29 is 9.53 Å². The molecule has 0 aromatic carbocycles. The molecule has 0 fully saturated rings. The highest BCUT2D eigenvalue weighted by molar-refractivity contribution is 5.69. The predicted molar refractivity (Wildman–Crippen MR) is 55.9 cm³/mol. The summed E-state index contributed by atoms with van der Waals surface area (Å²) in [5.41, 5.74) is 0.588. The summed E-state index contributed by atoms with van der Waals surface area (Å²) in [6, 6.07) is 0. The van der Waals surface area contributed by atoms with E-state index in [2.05, 4.69) is 11.4 Å². The molecule has 1 rings (SSSR count). The van der Waals surface area contributed by atoms with Crippen LogP contribution in [0.25, 0.3) is 0 Å². The maximum Gasteiger partial charge on any atom is 0.411 e. The molecule has 0 radical (unpaired) electrons. The Labute approximate surface area is 85.5 Å². The lowest BCUT2D eigenvalue weighted by molar-refractivity contribution is 0.0543. The fourth-order valence-corrected chi connectivity index (χ4v) is 1.39. The molecule has 80 valence electrons. The lowest BCUT2D eigenvalue weighted by Gasteiger charge is -2.21. The third kappa shape index (κ3) is 4.30. The SMILES string of the molecule is CC(C)(C)OC(=O)NC1=CCCCC1. The van der Waals surface area contributed by atoms with Crippen molar-refractivity contribution in [2.24, 2.45) is 0 Å². The van der Waals surface area contributed by atoms with Crippen molar-refractivity contribution in [1.29, 1.82) is 0 Å². The van der Waals surface area contributed by atoms with Gasteiger partial charge in [0.1, 0.15) is 5.60 Å². The van der Waals surface area contributed by atoms with Crippen molar-refractivity contribution in [2.45, 2.75) is 52.1 Å². The summed E-state index contributed by atoms with van der Waals surface area (Å²) in [6.07, 6.45) is 6.13. The van der Waals surface area contributed by atoms with Crippen molar-refractivity contribution in [1.82, 2.24) is 5.32 Å². The van der Waals surface area contributed by atoms with Gasteiger partial charge in [0.05, 0.1) is 0 Å². The first-order valence-corrected chi connectivity index (χ1v) is 5.16. The average Bonchev–Trinajstić information content (AvgIpc) is 2.02. The maximum atomic E-state index is 11.4. The van der Waals surface area contributed by atoms with E-state index in [1.807, 2.05) is 20.8 Å². The van der Waals surface area contributed by atoms with Gasteiger partial charge in [0.15, 0.2) is 0 Å². The zero-order valence-electron chi connectivity index (χ0n) is 9.22. The zero-order valence-corrected chi connectivity index (χ0v) is 9.22. The summed E-state index contributed by atoms with van der Waals surface area (Å²) in [6.45, 7) is 5.59. The van der Waals surface area contributed by atoms with Crippen LogP contribution in [0, 0.1) is 0 Å². The number of allylic oxidation sites excluding steroid dienone is 2. The summed E-state index contributed by atoms with van der Waals surface area (Å²) in [4.78, 5) is 11.4. The van der Waals surface area contributed by atoms with Gasteiger partial charge in [0.25, 0.3) is 0 Å². The Balaban J connectivity index is 2.36. The first-order chi connectivity index (χ1) is 6.47. The lowest BCUT2D eigenvalue weighted by Crippen LogP contribution is -2.32. The highest BCUT2D eigenvalue weighted by Crippen LogP contribution is 2.15. The van der Waals surface area contributed by atoms with Crippen LogP contribution < -0.4 is 5.32 Å². The zero-order chi connectivity index (χ0) is 10.6. The Bertz CT molecular complexity index is 238. The second-order valence-electron chi connectivity index (χ2n) is 4.60. The minimum atomic E-state index is -0.417. The highest BCUT2D eigenvalue weighted by Gasteiger charge is 2.17. The number of carbonyl (C=O) groups excluding carboxylic acids is 1. The summed E-state index contributed by atoms with van der Waals surface area (Å²) in [5.74, 6) is 0. The number of amides is 1. The van der Waals surface area contributed by atoms with Gasteiger partial charge in [-0.1, -0.05) is 6.08 Å². The van der Waals surface area contributed by atoms with E-state index >= 15 is 0 Å². The molecular formula is C11H19NO2. The number of rotatable bonds is 1. The van der Waals surface area contributed by atoms with Crippen LogP contribution in [0.2, 0.25) is 0 Å². The average molecular weight is 197 g/mol. The molecule has 14 heavy (non-hydrogen) atoms. The molecule has 1 aliphatic carbocycles. The summed E-state index contributed by atoms with van der Waals surface area (Å²) in [5, 5.41) is 2.78. The molecule has 3 heteroatoms. The molecule has 0 saturated heterocycles. The van der Waals surface area contributed by atoms with E-state index < -0.39 is 5.60 Å². The fourth-order valence-electron chi connectivity index (χ4n) is 1.39. The third-order valence-corrected chi connectivity index (χ3v) is 1.95. The van der Waals surface area contributed by atoms with Gasteiger partial charge < -0.3 is 4.74 Å². The van der Waals surface area contributed by atoms with Gasteiger partial charge in [-0.2, -0.15) is 0 Å². The van der Waals surface area contributed by atoms with Crippen LogP contribution in [-0.2, 0) is 4.74 Å². The van der Waals surface area contributed by atoms with Gasteiger partial charge in [0.2, 0.25) is 0 Å². The number of carbonyl (C=O) groups is 1. The topological polar surface area (TPSA) is 38.3 Å². The molecule has 0 unspecified atom stereocenters. The number of ether oxygens (including phenoxy) is 1. The van der Waals surface area contributed by atoms with Crippen LogP contribution in [0.15, 0.2) is 11.8 Å². The Kier molecular flexibility index (Phi) is 3.55. The van der Waals surface area contributed by atoms with Crippen LogP contribution in [0.3, 0.4) is 0 Å². The molecule has 0 bridgehead atoms. The van der Waals surface area contributed by atoms with Crippen LogP contribution in [0.4, 0.5) is 4.79 Å². The van der Waals surface area contributed by atoms with Crippen molar-refractivity contribution in [3.05, 3.63) is 11.8 Å². The Morgan fingerprint density at radius 3 is 2.64 bits per heavy atom. The lowest BCUT2D eigenvalue weighted by atomic mass is 10.1. The van der Waals surface area contributed by atoms with Gasteiger partial charge in [0, 0.05) is 5.70 Å². The minimum absolute atomic E-state index is 0.342. The molecule has 0 aliphatic heterocycles. The quantitative estimate of drug-likeness (QED) is 0.701. The molecule has 0 aromatic rings. The van der Waals surface area contributed by atoms with Gasteiger partial charge in [-0.25, -0.2) is 4.79 Å². The minimum Gasteiger partial charge on any atom is -0.444 e. The number of nitrogens with one attached hydrogen (secondary N) is 1. The molecule has 1 aliphatic rings. The highest BCUT2D eigenvalue weighted by atomic mass is 16.6. The van der Waals surface area contributed by atoms with E-state index in [4.69, 9.17) is 4.74 Å². The molecule has 0 heterocycles. The van der Waals surface area contributed by atoms with Crippen molar-refractivity contribution >= 4 is 6.09 Å². The normalized spacial score (nSPS) is 17.2. The summed E-state index contributed by atoms with van der Waals surface area (Å²) in [7, 11) is 0. The molecule has 1 N–H and O–H groups in total. The maximum absolute atomic E-state index is 11.4. The monoisotopic (exact) mass is 197 g/mol. The van der Waals surface area contributed by atoms with Gasteiger partial charge >= 0.3 is 6.09 Å². The first-order valence-electron chi connectivity index (χ1n) is 5.16. The van der Waals surface area contributed by atoms with Crippen LogP contribution in [-0.4, -0.2) is 11.7 Å². The number of hydrogen-bond acceptors (Lipinski definition) is 2. The van der Waals surface area contributed by atoms with E-state index in [9.17, 15) is 4.79 Å². The first kappa shape index (κ1) is 11.1. The van der Waals surface area contributed by atoms with Gasteiger partial charge in [-0.05, 0) is 46.5 Å². The van der Waals surface area contributed by atoms with Crippen LogP contribution >= 0.6 is 0 Å². The second kappa shape index (κ2) is 4.49.